The van der Waals surface area contributed by atoms with Gasteiger partial charge in [0, 0.05) is 115 Å². The fourth-order valence-corrected chi connectivity index (χ4v) is 10.2. The number of carbonyl (C=O) groups is 5. The number of ether oxygens (including phenoxy) is 1. The van der Waals surface area contributed by atoms with Crippen LogP contribution in [0.2, 0.25) is 0 Å². The number of aryl methyl sites for hydroxylation is 1. The number of nitrogens with one attached hydrogen (secondary N) is 3. The monoisotopic (exact) mass is 824 g/mol. The van der Waals surface area contributed by atoms with Crippen molar-refractivity contribution >= 4 is 51.7 Å². The SMILES string of the molecule is CCc1cc2c(cc1N1CCC(N3CCN(C(=O)COCCNc4cccc5c4CN(C4CCC(=O)NC4=O)C5=O)CC3)CC1)C(C)(C)c1[nH]c3cc(C#N)ccc3c1C2=O. The molecule has 61 heavy (non-hydrogen) atoms. The molecule has 9 rings (SSSR count). The van der Waals surface area contributed by atoms with Crippen molar-refractivity contribution in [2.24, 2.45) is 0 Å². The normalized spacial score (nSPS) is 20.4. The standard InChI is InChI=1S/C47H52N8O6/c1-4-29-23-33-35(47(2,3)44-42(43(33)58)32-9-8-28(25-48)22-37(32)50-44)24-39(29)53-15-12-30(13-16-53)52-17-19-54(20-18-52)41(57)27-61-21-14-49-36-7-5-6-31-34(36)26-55(46(31)60)38-10-11-40(56)51-45(38)59/h5-9,22-24,30,38,49-50H,4,10-21,26-27H2,1-3H3,(H,51,56,59). The number of fused-ring (bicyclic) bond motifs is 5. The Kier molecular flexibility index (Phi) is 10.7. The number of ketones is 1. The van der Waals surface area contributed by atoms with Crippen LogP contribution in [0.3, 0.4) is 0 Å². The lowest BCUT2D eigenvalue weighted by Crippen LogP contribution is -2.55. The van der Waals surface area contributed by atoms with Gasteiger partial charge >= 0.3 is 0 Å². The van der Waals surface area contributed by atoms with Crippen LogP contribution in [0, 0.1) is 11.3 Å². The molecule has 1 unspecified atom stereocenters. The zero-order chi connectivity index (χ0) is 42.6. The lowest BCUT2D eigenvalue weighted by molar-refractivity contribution is -0.138. The molecule has 3 N–H and O–H groups in total. The maximum atomic E-state index is 14.1. The minimum absolute atomic E-state index is 0.00139. The maximum absolute atomic E-state index is 14.1. The summed E-state index contributed by atoms with van der Waals surface area (Å²) in [5.74, 6) is -0.952. The number of rotatable bonds is 10. The third-order valence-electron chi connectivity index (χ3n) is 13.7. The summed E-state index contributed by atoms with van der Waals surface area (Å²) in [4.78, 5) is 76.5. The molecule has 0 saturated carbocycles. The number of carbonyl (C=O) groups excluding carboxylic acids is 5. The van der Waals surface area contributed by atoms with Crippen LogP contribution in [0.5, 0.6) is 0 Å². The van der Waals surface area contributed by atoms with Gasteiger partial charge in [0.05, 0.1) is 23.8 Å². The summed E-state index contributed by atoms with van der Waals surface area (Å²) in [6.07, 6.45) is 3.38. The third kappa shape index (κ3) is 7.23. The molecule has 0 bridgehead atoms. The topological polar surface area (TPSA) is 171 Å². The number of aromatic nitrogens is 1. The summed E-state index contributed by atoms with van der Waals surface area (Å²) in [6, 6.07) is 17.3. The number of hydrogen-bond donors (Lipinski definition) is 3. The Morgan fingerprint density at radius 1 is 0.967 bits per heavy atom. The lowest BCUT2D eigenvalue weighted by atomic mass is 9.70. The van der Waals surface area contributed by atoms with Crippen molar-refractivity contribution < 1.29 is 28.7 Å². The number of nitrogens with zero attached hydrogens (tertiary/aromatic N) is 5. The van der Waals surface area contributed by atoms with Gasteiger partial charge in [0.15, 0.2) is 5.78 Å². The van der Waals surface area contributed by atoms with Gasteiger partial charge in [0.25, 0.3) is 5.91 Å². The predicted octanol–water partition coefficient (Wildman–Crippen LogP) is 4.47. The number of piperazine rings is 1. The molecule has 1 atom stereocenters. The van der Waals surface area contributed by atoms with Crippen LogP contribution in [-0.2, 0) is 37.5 Å². The van der Waals surface area contributed by atoms with E-state index in [-0.39, 0.29) is 43.1 Å². The molecule has 3 aromatic carbocycles. The molecule has 0 radical (unpaired) electrons. The van der Waals surface area contributed by atoms with E-state index < -0.39 is 17.4 Å². The van der Waals surface area contributed by atoms with Gasteiger partial charge in [0.2, 0.25) is 17.7 Å². The molecule has 5 heterocycles. The average molecular weight is 825 g/mol. The van der Waals surface area contributed by atoms with Crippen molar-refractivity contribution in [2.45, 2.75) is 76.9 Å². The minimum atomic E-state index is -0.669. The Hall–Kier alpha value is -6.04. The van der Waals surface area contributed by atoms with Gasteiger partial charge in [-0.05, 0) is 73.2 Å². The first-order valence-corrected chi connectivity index (χ1v) is 21.6. The predicted molar refractivity (Wildman–Crippen MR) is 230 cm³/mol. The van der Waals surface area contributed by atoms with Gasteiger partial charge in [-0.1, -0.05) is 32.9 Å². The van der Waals surface area contributed by atoms with Gasteiger partial charge in [-0.3, -0.25) is 34.2 Å². The fraction of sp³-hybridized carbons (Fsp3) is 0.447. The molecule has 4 amide bonds. The number of piperidine rings is 2. The number of hydrogen-bond acceptors (Lipinski definition) is 10. The Morgan fingerprint density at radius 3 is 2.49 bits per heavy atom. The molecule has 4 aliphatic heterocycles. The molecule has 3 fully saturated rings. The molecule has 1 aromatic heterocycles. The Bertz CT molecular complexity index is 2500. The zero-order valence-corrected chi connectivity index (χ0v) is 35.1. The molecular weight excluding hydrogens is 773 g/mol. The summed E-state index contributed by atoms with van der Waals surface area (Å²) in [7, 11) is 0. The largest absolute Gasteiger partial charge is 0.382 e. The molecule has 5 aliphatic rings. The van der Waals surface area contributed by atoms with E-state index in [2.05, 4.69) is 64.4 Å². The van der Waals surface area contributed by atoms with E-state index in [1.54, 1.807) is 18.2 Å². The van der Waals surface area contributed by atoms with Crippen molar-refractivity contribution in [1.29, 1.82) is 5.26 Å². The van der Waals surface area contributed by atoms with Crippen LogP contribution in [0.4, 0.5) is 11.4 Å². The molecule has 316 valence electrons. The van der Waals surface area contributed by atoms with E-state index in [9.17, 15) is 29.2 Å². The van der Waals surface area contributed by atoms with Crippen LogP contribution in [-0.4, -0.2) is 120 Å². The second-order valence-corrected chi connectivity index (χ2v) is 17.4. The molecule has 14 heteroatoms. The Balaban J connectivity index is 0.746. The zero-order valence-electron chi connectivity index (χ0n) is 35.1. The van der Waals surface area contributed by atoms with Crippen molar-refractivity contribution in [1.82, 2.24) is 25.0 Å². The fourth-order valence-electron chi connectivity index (χ4n) is 10.2. The van der Waals surface area contributed by atoms with Gasteiger partial charge in [-0.2, -0.15) is 5.26 Å². The summed E-state index contributed by atoms with van der Waals surface area (Å²) >= 11 is 0. The van der Waals surface area contributed by atoms with Crippen molar-refractivity contribution in [3.63, 3.8) is 0 Å². The molecule has 14 nitrogen and oxygen atoms in total. The van der Waals surface area contributed by atoms with E-state index in [4.69, 9.17) is 4.74 Å². The van der Waals surface area contributed by atoms with Gasteiger partial charge < -0.3 is 29.7 Å². The first kappa shape index (κ1) is 40.4. The number of H-pyrrole nitrogens is 1. The van der Waals surface area contributed by atoms with Crippen molar-refractivity contribution in [2.75, 3.05) is 69.2 Å². The number of aromatic amines is 1. The van der Waals surface area contributed by atoms with E-state index in [1.165, 1.54) is 16.2 Å². The minimum Gasteiger partial charge on any atom is -0.382 e. The molecule has 4 aromatic rings. The third-order valence-corrected chi connectivity index (χ3v) is 13.7. The van der Waals surface area contributed by atoms with Crippen molar-refractivity contribution in [3.8, 4) is 6.07 Å². The van der Waals surface area contributed by atoms with Gasteiger partial charge in [-0.15, -0.1) is 0 Å². The number of amides is 4. The van der Waals surface area contributed by atoms with E-state index in [0.29, 0.717) is 55.4 Å². The van der Waals surface area contributed by atoms with Crippen LogP contribution in [0.15, 0.2) is 48.5 Å². The van der Waals surface area contributed by atoms with Crippen LogP contribution in [0.25, 0.3) is 10.9 Å². The maximum Gasteiger partial charge on any atom is 0.255 e. The van der Waals surface area contributed by atoms with E-state index in [1.807, 2.05) is 23.1 Å². The van der Waals surface area contributed by atoms with E-state index >= 15 is 0 Å². The molecular formula is C47H52N8O6. The summed E-state index contributed by atoms with van der Waals surface area (Å²) in [6.45, 7) is 12.4. The second kappa shape index (κ2) is 16.1. The smallest absolute Gasteiger partial charge is 0.255 e. The highest BCUT2D eigenvalue weighted by Gasteiger charge is 2.42. The highest BCUT2D eigenvalue weighted by atomic mass is 16.5. The Labute approximate surface area is 355 Å². The highest BCUT2D eigenvalue weighted by molar-refractivity contribution is 6.20. The van der Waals surface area contributed by atoms with Crippen molar-refractivity contribution in [3.05, 3.63) is 93.2 Å². The second-order valence-electron chi connectivity index (χ2n) is 17.4. The van der Waals surface area contributed by atoms with Crippen LogP contribution in [0.1, 0.15) is 101 Å². The summed E-state index contributed by atoms with van der Waals surface area (Å²) < 4.78 is 5.79. The highest BCUT2D eigenvalue weighted by Crippen LogP contribution is 2.46. The lowest BCUT2D eigenvalue weighted by Gasteiger charge is -2.44. The number of anilines is 2. The molecule has 0 spiro atoms. The quantitative estimate of drug-likeness (QED) is 0.153. The molecule has 3 saturated heterocycles. The first-order chi connectivity index (χ1) is 29.5. The summed E-state index contributed by atoms with van der Waals surface area (Å²) in [5, 5.41) is 16.0. The molecule has 1 aliphatic carbocycles. The van der Waals surface area contributed by atoms with Gasteiger partial charge in [0.1, 0.15) is 12.6 Å². The van der Waals surface area contributed by atoms with Crippen LogP contribution < -0.4 is 15.5 Å². The Morgan fingerprint density at radius 2 is 1.75 bits per heavy atom. The first-order valence-electron chi connectivity index (χ1n) is 21.6. The van der Waals surface area contributed by atoms with Crippen LogP contribution >= 0.6 is 0 Å². The number of nitriles is 1. The summed E-state index contributed by atoms with van der Waals surface area (Å²) in [5.41, 5.74) is 8.89. The van der Waals surface area contributed by atoms with E-state index in [0.717, 1.165) is 84.4 Å². The van der Waals surface area contributed by atoms with Gasteiger partial charge in [-0.25, -0.2) is 0 Å². The average Bonchev–Trinajstić information content (AvgIpc) is 3.83. The number of imide groups is 1. The number of benzene rings is 3.